The molecule has 0 heterocycles. The maximum absolute atomic E-state index is 13.1. The molecular weight excluding hydrogens is 418 g/mol. The van der Waals surface area contributed by atoms with Gasteiger partial charge >= 0.3 is 0 Å². The molecule has 0 aliphatic rings. The van der Waals surface area contributed by atoms with Gasteiger partial charge in [-0.3, -0.25) is 4.79 Å². The van der Waals surface area contributed by atoms with Crippen molar-refractivity contribution in [3.63, 3.8) is 0 Å². The molecule has 34 heavy (non-hydrogen) atoms. The highest BCUT2D eigenvalue weighted by atomic mass is 16.1. The van der Waals surface area contributed by atoms with Crippen molar-refractivity contribution in [2.75, 3.05) is 11.4 Å². The first-order chi connectivity index (χ1) is 16.7. The van der Waals surface area contributed by atoms with Crippen molar-refractivity contribution in [3.8, 4) is 0 Å². The Bertz CT molecular complexity index is 1250. The quantitative estimate of drug-likeness (QED) is 0.170. The summed E-state index contributed by atoms with van der Waals surface area (Å²) in [6.07, 6.45) is 1.68. The topological polar surface area (TPSA) is 45.0 Å². The number of nitrogens with zero attached hydrogens (tertiary/aromatic N) is 3. The van der Waals surface area contributed by atoms with Gasteiger partial charge in [0.2, 0.25) is 5.78 Å². The third-order valence-electron chi connectivity index (χ3n) is 5.52. The molecule has 4 aromatic carbocycles. The molecule has 0 atom stereocenters. The molecule has 4 aromatic rings. The highest BCUT2D eigenvalue weighted by molar-refractivity contribution is 6.51. The van der Waals surface area contributed by atoms with Gasteiger partial charge in [0.1, 0.15) is 5.71 Å². The van der Waals surface area contributed by atoms with E-state index in [4.69, 9.17) is 0 Å². The van der Waals surface area contributed by atoms with Crippen molar-refractivity contribution in [1.29, 1.82) is 0 Å². The molecule has 0 unspecified atom stereocenters. The Morgan fingerprint density at radius 3 is 1.88 bits per heavy atom. The zero-order valence-electron chi connectivity index (χ0n) is 19.2. The van der Waals surface area contributed by atoms with Crippen LogP contribution in [0.3, 0.4) is 0 Å². The summed E-state index contributed by atoms with van der Waals surface area (Å²) in [6, 6.07) is 37.2. The summed E-state index contributed by atoms with van der Waals surface area (Å²) >= 11 is 0. The molecule has 0 spiro atoms. The van der Waals surface area contributed by atoms with E-state index in [1.165, 1.54) is 5.56 Å². The van der Waals surface area contributed by atoms with Gasteiger partial charge in [-0.05, 0) is 30.2 Å². The van der Waals surface area contributed by atoms with Crippen LogP contribution in [0.15, 0.2) is 125 Å². The number of anilines is 1. The summed E-state index contributed by atoms with van der Waals surface area (Å²) in [5.41, 5.74) is 4.99. The molecule has 0 saturated heterocycles. The summed E-state index contributed by atoms with van der Waals surface area (Å²) < 4.78 is 0. The molecule has 0 saturated carbocycles. The number of benzene rings is 4. The molecule has 4 rings (SSSR count). The van der Waals surface area contributed by atoms with E-state index in [0.717, 1.165) is 29.9 Å². The summed E-state index contributed by atoms with van der Waals surface area (Å²) in [7, 11) is 0. The highest BCUT2D eigenvalue weighted by Crippen LogP contribution is 2.18. The van der Waals surface area contributed by atoms with Crippen LogP contribution in [-0.2, 0) is 6.54 Å². The molecule has 0 aliphatic heterocycles. The van der Waals surface area contributed by atoms with E-state index in [-0.39, 0.29) is 5.78 Å². The molecule has 0 aliphatic carbocycles. The monoisotopic (exact) mass is 445 g/mol. The van der Waals surface area contributed by atoms with E-state index in [0.29, 0.717) is 11.3 Å². The normalized spacial score (nSPS) is 11.5. The fraction of sp³-hybridized carbons (Fsp3) is 0.100. The smallest absolute Gasteiger partial charge is 0.213 e. The van der Waals surface area contributed by atoms with Crippen LogP contribution >= 0.6 is 0 Å². The molecule has 0 amide bonds. The van der Waals surface area contributed by atoms with Crippen molar-refractivity contribution in [1.82, 2.24) is 0 Å². The Labute approximate surface area is 200 Å². The van der Waals surface area contributed by atoms with Gasteiger partial charge in [0.05, 0.1) is 6.21 Å². The number of carbonyl (C=O) groups excluding carboxylic acids is 1. The van der Waals surface area contributed by atoms with Gasteiger partial charge < -0.3 is 4.90 Å². The zero-order chi connectivity index (χ0) is 23.6. The Balaban J connectivity index is 1.52. The van der Waals surface area contributed by atoms with E-state index < -0.39 is 0 Å². The second kappa shape index (κ2) is 11.5. The first kappa shape index (κ1) is 22.9. The van der Waals surface area contributed by atoms with E-state index in [9.17, 15) is 4.79 Å². The highest BCUT2D eigenvalue weighted by Gasteiger charge is 2.16. The minimum absolute atomic E-state index is 0.154. The number of hydrogen-bond acceptors (Lipinski definition) is 4. The fourth-order valence-corrected chi connectivity index (χ4v) is 3.67. The van der Waals surface area contributed by atoms with Gasteiger partial charge in [0, 0.05) is 29.9 Å². The summed E-state index contributed by atoms with van der Waals surface area (Å²) in [4.78, 5) is 15.4. The van der Waals surface area contributed by atoms with E-state index in [1.54, 1.807) is 18.3 Å². The SMILES string of the molecule is CCN(Cc1ccccc1)c1ccc(C=NN=C(C(=O)c2ccccc2)c2ccccc2)cc1. The summed E-state index contributed by atoms with van der Waals surface area (Å²) in [5, 5.41) is 8.58. The lowest BCUT2D eigenvalue weighted by molar-refractivity contribution is 0.106. The van der Waals surface area contributed by atoms with E-state index in [2.05, 4.69) is 58.4 Å². The molecule has 0 N–H and O–H groups in total. The molecule has 0 radical (unpaired) electrons. The molecule has 0 aromatic heterocycles. The first-order valence-corrected chi connectivity index (χ1v) is 11.4. The van der Waals surface area contributed by atoms with Crippen LogP contribution in [0, 0.1) is 0 Å². The minimum Gasteiger partial charge on any atom is -0.367 e. The van der Waals surface area contributed by atoms with Crippen LogP contribution in [0.5, 0.6) is 0 Å². The maximum atomic E-state index is 13.1. The van der Waals surface area contributed by atoms with Crippen molar-refractivity contribution >= 4 is 23.4 Å². The molecule has 4 heteroatoms. The molecular formula is C30H27N3O. The lowest BCUT2D eigenvalue weighted by atomic mass is 10.0. The third-order valence-corrected chi connectivity index (χ3v) is 5.52. The lowest BCUT2D eigenvalue weighted by Crippen LogP contribution is -2.21. The number of rotatable bonds is 9. The van der Waals surface area contributed by atoms with Gasteiger partial charge in [0.25, 0.3) is 0 Å². The van der Waals surface area contributed by atoms with Gasteiger partial charge in [-0.1, -0.05) is 103 Å². The largest absolute Gasteiger partial charge is 0.367 e. The fourth-order valence-electron chi connectivity index (χ4n) is 3.67. The van der Waals surface area contributed by atoms with E-state index >= 15 is 0 Å². The average molecular weight is 446 g/mol. The van der Waals surface area contributed by atoms with Crippen molar-refractivity contribution in [3.05, 3.63) is 138 Å². The van der Waals surface area contributed by atoms with Crippen molar-refractivity contribution in [2.45, 2.75) is 13.5 Å². The van der Waals surface area contributed by atoms with Crippen LogP contribution in [0.1, 0.15) is 34.0 Å². The van der Waals surface area contributed by atoms with Gasteiger partial charge in [-0.25, -0.2) is 0 Å². The zero-order valence-corrected chi connectivity index (χ0v) is 19.2. The number of hydrogen-bond donors (Lipinski definition) is 0. The second-order valence-electron chi connectivity index (χ2n) is 7.85. The first-order valence-electron chi connectivity index (χ1n) is 11.4. The number of carbonyl (C=O) groups is 1. The molecule has 0 fully saturated rings. The Morgan fingerprint density at radius 1 is 0.735 bits per heavy atom. The van der Waals surface area contributed by atoms with Crippen LogP contribution < -0.4 is 4.90 Å². The van der Waals surface area contributed by atoms with Crippen LogP contribution in [0.4, 0.5) is 5.69 Å². The van der Waals surface area contributed by atoms with Crippen LogP contribution in [-0.4, -0.2) is 24.3 Å². The molecule has 0 bridgehead atoms. The van der Waals surface area contributed by atoms with Crippen LogP contribution in [0.2, 0.25) is 0 Å². The molecule has 4 nitrogen and oxygen atoms in total. The standard InChI is InChI=1S/C30H27N3O/c1-2-33(23-25-12-6-3-7-13-25)28-20-18-24(19-21-28)22-31-32-29(26-14-8-4-9-15-26)30(34)27-16-10-5-11-17-27/h3-22H,2,23H2,1H3. The lowest BCUT2D eigenvalue weighted by Gasteiger charge is -2.23. The maximum Gasteiger partial charge on any atom is 0.213 e. The van der Waals surface area contributed by atoms with Gasteiger partial charge in [0.15, 0.2) is 0 Å². The van der Waals surface area contributed by atoms with Gasteiger partial charge in [-0.2, -0.15) is 5.10 Å². The Morgan fingerprint density at radius 2 is 1.29 bits per heavy atom. The predicted octanol–water partition coefficient (Wildman–Crippen LogP) is 6.42. The van der Waals surface area contributed by atoms with E-state index in [1.807, 2.05) is 66.7 Å². The third kappa shape index (κ3) is 5.93. The summed E-state index contributed by atoms with van der Waals surface area (Å²) in [5.74, 6) is -0.154. The Kier molecular flexibility index (Phi) is 7.75. The number of ketones is 1. The predicted molar refractivity (Wildman–Crippen MR) is 141 cm³/mol. The van der Waals surface area contributed by atoms with Crippen molar-refractivity contribution < 1.29 is 4.79 Å². The van der Waals surface area contributed by atoms with Crippen molar-refractivity contribution in [2.24, 2.45) is 10.2 Å². The van der Waals surface area contributed by atoms with Crippen LogP contribution in [0.25, 0.3) is 0 Å². The number of Topliss-reactive ketones (excluding diaryl/α,β-unsaturated/α-hetero) is 1. The average Bonchev–Trinajstić information content (AvgIpc) is 2.91. The molecule has 168 valence electrons. The minimum atomic E-state index is -0.154. The second-order valence-corrected chi connectivity index (χ2v) is 7.85. The summed E-state index contributed by atoms with van der Waals surface area (Å²) in [6.45, 7) is 3.92. The Hall–Kier alpha value is -4.31. The van der Waals surface area contributed by atoms with Gasteiger partial charge in [-0.15, -0.1) is 5.10 Å².